The van der Waals surface area contributed by atoms with Crippen LogP contribution in [0, 0.1) is 5.82 Å². The zero-order valence-corrected chi connectivity index (χ0v) is 40.9. The minimum Gasteiger partial charge on any atom is -0.481 e. The molecule has 3 heterocycles. The van der Waals surface area contributed by atoms with E-state index in [-0.39, 0.29) is 42.6 Å². The van der Waals surface area contributed by atoms with E-state index in [1.165, 1.54) is 12.1 Å². The van der Waals surface area contributed by atoms with Crippen molar-refractivity contribution in [1.82, 2.24) is 34.7 Å². The van der Waals surface area contributed by atoms with E-state index >= 15 is 0 Å². The molecule has 9 rings (SSSR count). The molecule has 0 saturated carbocycles. The van der Waals surface area contributed by atoms with Gasteiger partial charge < -0.3 is 35.0 Å². The summed E-state index contributed by atoms with van der Waals surface area (Å²) >= 11 is 0. The number of rotatable bonds is 19. The molecule has 17 heteroatoms. The van der Waals surface area contributed by atoms with Gasteiger partial charge in [0.1, 0.15) is 5.82 Å². The Bertz CT molecular complexity index is 3340. The number of carboxylic acid groups (broad SMARTS) is 2. The second-order valence-electron chi connectivity index (χ2n) is 17.8. The van der Waals surface area contributed by atoms with Gasteiger partial charge in [0.2, 0.25) is 5.82 Å². The number of nitrogens with one attached hydrogen (secondary N) is 2. The number of aliphatic hydroxyl groups excluding tert-OH is 2. The van der Waals surface area contributed by atoms with Gasteiger partial charge in [-0.1, -0.05) is 117 Å². The minimum atomic E-state index is -1.18. The number of carbonyl (C=O) groups is 3. The van der Waals surface area contributed by atoms with E-state index in [0.717, 1.165) is 33.5 Å². The number of aromatic nitrogens is 7. The molecule has 0 fully saturated rings. The number of carbonyl (C=O) groups excluding carboxylic acids is 1. The molecular formula is C57H55FN8O8. The largest absolute Gasteiger partial charge is 0.481 e. The quantitative estimate of drug-likeness (QED) is 0.0444. The Morgan fingerprint density at radius 2 is 1.41 bits per heavy atom. The Morgan fingerprint density at radius 1 is 0.743 bits per heavy atom. The summed E-state index contributed by atoms with van der Waals surface area (Å²) in [5.74, 6) is -2.41. The molecule has 6 aromatic carbocycles. The van der Waals surface area contributed by atoms with Crippen molar-refractivity contribution in [3.05, 3.63) is 180 Å². The van der Waals surface area contributed by atoms with Crippen LogP contribution in [0.3, 0.4) is 0 Å². The highest BCUT2D eigenvalue weighted by Gasteiger charge is 2.31. The Balaban J connectivity index is 0.000000201. The van der Waals surface area contributed by atoms with Gasteiger partial charge in [0.05, 0.1) is 59.6 Å². The van der Waals surface area contributed by atoms with Crippen LogP contribution in [0.5, 0.6) is 6.01 Å². The maximum absolute atomic E-state index is 14.0. The van der Waals surface area contributed by atoms with Crippen molar-refractivity contribution in [3.8, 4) is 50.9 Å². The molecule has 0 bridgehead atoms. The Morgan fingerprint density at radius 3 is 2.04 bits per heavy atom. The molecule has 2 atom stereocenters. The summed E-state index contributed by atoms with van der Waals surface area (Å²) in [6.07, 6.45) is -2.51. The van der Waals surface area contributed by atoms with Crippen LogP contribution in [-0.4, -0.2) is 91.8 Å². The molecule has 0 aliphatic carbocycles. The van der Waals surface area contributed by atoms with Crippen molar-refractivity contribution < 1.29 is 43.9 Å². The fraction of sp³-hybridized carbons (Fsp3) is 0.211. The lowest BCUT2D eigenvalue weighted by atomic mass is 9.94. The second-order valence-corrected chi connectivity index (χ2v) is 17.8. The fourth-order valence-corrected chi connectivity index (χ4v) is 9.10. The van der Waals surface area contributed by atoms with Crippen molar-refractivity contribution in [2.24, 2.45) is 0 Å². The van der Waals surface area contributed by atoms with Gasteiger partial charge in [0.25, 0.3) is 11.9 Å². The van der Waals surface area contributed by atoms with Gasteiger partial charge in [-0.25, -0.2) is 9.18 Å². The molecule has 0 aliphatic rings. The van der Waals surface area contributed by atoms with E-state index in [9.17, 15) is 34.1 Å². The van der Waals surface area contributed by atoms with E-state index < -0.39 is 30.6 Å². The summed E-state index contributed by atoms with van der Waals surface area (Å²) in [4.78, 5) is 41.3. The number of ether oxygens (including phenoxy) is 1. The number of aliphatic hydroxyl groups is 2. The molecule has 6 N–H and O–H groups in total. The number of aliphatic carboxylic acids is 1. The van der Waals surface area contributed by atoms with Crippen molar-refractivity contribution in [2.45, 2.75) is 71.2 Å². The number of anilines is 1. The van der Waals surface area contributed by atoms with Crippen molar-refractivity contribution in [3.63, 3.8) is 0 Å². The zero-order chi connectivity index (χ0) is 52.3. The van der Waals surface area contributed by atoms with Gasteiger partial charge in [-0.05, 0) is 107 Å². The van der Waals surface area contributed by atoms with E-state index in [1.54, 1.807) is 30.3 Å². The number of benzene rings is 6. The molecule has 3 aromatic heterocycles. The molecular weight excluding hydrogens is 944 g/mol. The maximum Gasteiger partial charge on any atom is 0.337 e. The first-order chi connectivity index (χ1) is 35.8. The lowest BCUT2D eigenvalue weighted by Gasteiger charge is -2.20. The summed E-state index contributed by atoms with van der Waals surface area (Å²) in [5, 5.41) is 56.8. The van der Waals surface area contributed by atoms with Crippen LogP contribution < -0.4 is 10.1 Å². The summed E-state index contributed by atoms with van der Waals surface area (Å²) in [5.41, 5.74) is 9.95. The van der Waals surface area contributed by atoms with Crippen molar-refractivity contribution >= 4 is 34.6 Å². The molecule has 1 amide bonds. The van der Waals surface area contributed by atoms with Crippen LogP contribution in [0.1, 0.15) is 77.9 Å². The van der Waals surface area contributed by atoms with Gasteiger partial charge in [0, 0.05) is 29.1 Å². The Labute approximate surface area is 425 Å². The monoisotopic (exact) mass is 998 g/mol. The zero-order valence-electron chi connectivity index (χ0n) is 40.9. The first-order valence-electron chi connectivity index (χ1n) is 24.1. The Kier molecular flexibility index (Phi) is 16.5. The minimum absolute atomic E-state index is 0.0939. The number of aromatic amines is 1. The third-order valence-electron chi connectivity index (χ3n) is 12.3. The van der Waals surface area contributed by atoms with Gasteiger partial charge >= 0.3 is 11.9 Å². The third kappa shape index (κ3) is 11.9. The molecule has 16 nitrogen and oxygen atoms in total. The van der Waals surface area contributed by atoms with Crippen LogP contribution in [-0.2, 0) is 17.9 Å². The third-order valence-corrected chi connectivity index (χ3v) is 12.3. The number of aromatic carboxylic acids is 1. The summed E-state index contributed by atoms with van der Waals surface area (Å²) in [6.45, 7) is 6.97. The van der Waals surface area contributed by atoms with Gasteiger partial charge in [-0.15, -0.1) is 10.2 Å². The summed E-state index contributed by atoms with van der Waals surface area (Å²) in [7, 11) is 0. The average molecular weight is 999 g/mol. The number of carboxylic acids is 2. The molecule has 0 unspecified atom stereocenters. The Hall–Kier alpha value is -8.80. The number of imidazole rings is 1. The van der Waals surface area contributed by atoms with Crippen LogP contribution in [0.25, 0.3) is 55.9 Å². The number of halogens is 1. The molecule has 9 aromatic rings. The fourth-order valence-electron chi connectivity index (χ4n) is 9.10. The van der Waals surface area contributed by atoms with Crippen LogP contribution in [0.2, 0.25) is 0 Å². The second kappa shape index (κ2) is 23.6. The molecule has 378 valence electrons. The molecule has 0 radical (unpaired) electrons. The summed E-state index contributed by atoms with van der Waals surface area (Å²) < 4.78 is 23.5. The van der Waals surface area contributed by atoms with Crippen LogP contribution in [0.4, 0.5) is 10.1 Å². The standard InChI is InChI=1S/C33H35FN2O5.C24H20N6O3/c1-21(2)31-30(33(41)35-25-11-7-4-8-12-25)29(22-9-5-3-6-10-22)32(23-13-15-24(34)16-14-23)36(31)18-17-26(37)19-27(38)20-28(39)40;1-2-33-24-25-20-9-5-8-19(23(31)32)21(20)30(24)14-15-10-12-16(13-11-15)17-6-3-4-7-18(17)22-26-28-29-27-22/h3-16,21,26-27,37-38H,17-20H2,1-2H3,(H,35,41)(H,39,40);3-13H,2,14H2,1H3,(H,31,32)(H,26,27,28,29)/t26-,27-;/m1./s1. The van der Waals surface area contributed by atoms with Gasteiger partial charge in [-0.2, -0.15) is 10.2 Å². The first kappa shape index (κ1) is 51.6. The molecule has 74 heavy (non-hydrogen) atoms. The van der Waals surface area contributed by atoms with E-state index in [0.29, 0.717) is 64.1 Å². The van der Waals surface area contributed by atoms with Crippen LogP contribution >= 0.6 is 0 Å². The topological polar surface area (TPSA) is 231 Å². The van der Waals surface area contributed by atoms with Crippen LogP contribution in [0.15, 0.2) is 152 Å². The van der Waals surface area contributed by atoms with E-state index in [2.05, 4.69) is 30.9 Å². The normalized spacial score (nSPS) is 12.0. The number of nitrogens with zero attached hydrogens (tertiary/aromatic N) is 6. The predicted molar refractivity (Wildman–Crippen MR) is 279 cm³/mol. The number of fused-ring (bicyclic) bond motifs is 1. The van der Waals surface area contributed by atoms with E-state index in [1.807, 2.05) is 139 Å². The lowest BCUT2D eigenvalue weighted by molar-refractivity contribution is -0.139. The first-order valence-corrected chi connectivity index (χ1v) is 24.1. The highest BCUT2D eigenvalue weighted by Crippen LogP contribution is 2.43. The number of hydrogen-bond acceptors (Lipinski definition) is 10. The summed E-state index contributed by atoms with van der Waals surface area (Å²) in [6, 6.07) is 46.1. The smallest absolute Gasteiger partial charge is 0.337 e. The SMILES string of the molecule is CC(C)c1c(C(=O)Nc2ccccc2)c(-c2ccccc2)c(-c2ccc(F)cc2)n1CC[C@@H](O)C[C@@H](O)CC(=O)O.CCOc1nc2cccc(C(=O)O)c2n1Cc1ccc(-c2ccccc2-c2nn[nH]n2)cc1. The van der Waals surface area contributed by atoms with Gasteiger partial charge in [-0.3, -0.25) is 14.2 Å². The number of H-pyrrole nitrogens is 1. The molecule has 0 aliphatic heterocycles. The highest BCUT2D eigenvalue weighted by molar-refractivity contribution is 6.12. The average Bonchev–Trinajstić information content (AvgIpc) is 4.15. The maximum atomic E-state index is 14.0. The lowest BCUT2D eigenvalue weighted by Crippen LogP contribution is -2.22. The number of para-hydroxylation sites is 2. The molecule has 0 spiro atoms. The number of hydrogen-bond donors (Lipinski definition) is 6. The number of amides is 1. The van der Waals surface area contributed by atoms with Crippen molar-refractivity contribution in [1.29, 1.82) is 0 Å². The van der Waals surface area contributed by atoms with Crippen molar-refractivity contribution in [2.75, 3.05) is 11.9 Å². The highest BCUT2D eigenvalue weighted by atomic mass is 19.1. The van der Waals surface area contributed by atoms with E-state index in [4.69, 9.17) is 9.84 Å². The van der Waals surface area contributed by atoms with Gasteiger partial charge in [0.15, 0.2) is 0 Å². The molecule has 0 saturated heterocycles. The number of tetrazole rings is 1. The predicted octanol–water partition coefficient (Wildman–Crippen LogP) is 10.3.